The van der Waals surface area contributed by atoms with Gasteiger partial charge in [0.15, 0.2) is 0 Å². The summed E-state index contributed by atoms with van der Waals surface area (Å²) in [6, 6.07) is 10.6. The highest BCUT2D eigenvalue weighted by molar-refractivity contribution is 7.89. The van der Waals surface area contributed by atoms with Gasteiger partial charge in [-0.15, -0.1) is 0 Å². The van der Waals surface area contributed by atoms with Crippen molar-refractivity contribution in [3.63, 3.8) is 0 Å². The molecule has 1 saturated heterocycles. The molecule has 1 fully saturated rings. The Balaban J connectivity index is 2.09. The molecule has 0 radical (unpaired) electrons. The number of phenols is 1. The molecule has 2 N–H and O–H groups in total. The number of amides is 1. The van der Waals surface area contributed by atoms with Crippen molar-refractivity contribution < 1.29 is 33.0 Å². The van der Waals surface area contributed by atoms with Gasteiger partial charge < -0.3 is 19.8 Å². The first kappa shape index (κ1) is 24.4. The topological polar surface area (TPSA) is 124 Å². The summed E-state index contributed by atoms with van der Waals surface area (Å²) in [6.45, 7) is 0.605. The van der Waals surface area contributed by atoms with Gasteiger partial charge in [0.05, 0.1) is 16.5 Å². The molecule has 1 unspecified atom stereocenters. The van der Waals surface area contributed by atoms with E-state index in [4.69, 9.17) is 4.74 Å². The van der Waals surface area contributed by atoms with Gasteiger partial charge in [-0.25, -0.2) is 12.7 Å². The molecule has 176 valence electrons. The van der Waals surface area contributed by atoms with Crippen molar-refractivity contribution in [2.45, 2.75) is 17.4 Å². The second-order valence-corrected chi connectivity index (χ2v) is 9.89. The smallest absolute Gasteiger partial charge is 0.295 e. The molecule has 0 aromatic heterocycles. The molecule has 10 heteroatoms. The minimum Gasteiger partial charge on any atom is -0.508 e. The number of nitrogens with zero attached hydrogens (tertiary/aromatic N) is 2. The number of aromatic hydroxyl groups is 1. The number of methoxy groups -OCH3 is 1. The van der Waals surface area contributed by atoms with Crippen LogP contribution in [-0.2, 0) is 24.3 Å². The molecule has 9 nitrogen and oxygen atoms in total. The Morgan fingerprint density at radius 2 is 1.67 bits per heavy atom. The second kappa shape index (κ2) is 9.74. The number of likely N-dealkylation sites (tertiary alicyclic amines) is 1. The van der Waals surface area contributed by atoms with Gasteiger partial charge in [-0.2, -0.15) is 0 Å². The van der Waals surface area contributed by atoms with Crippen molar-refractivity contribution in [3.8, 4) is 5.75 Å². The molecule has 1 atom stereocenters. The summed E-state index contributed by atoms with van der Waals surface area (Å²) in [5.74, 6) is -1.98. The summed E-state index contributed by atoms with van der Waals surface area (Å²) in [7, 11) is 0.684. The van der Waals surface area contributed by atoms with Gasteiger partial charge in [-0.1, -0.05) is 12.1 Å². The first-order valence-corrected chi connectivity index (χ1v) is 11.6. The average molecular weight is 475 g/mol. The summed E-state index contributed by atoms with van der Waals surface area (Å²) in [5.41, 5.74) is 0.635. The van der Waals surface area contributed by atoms with Gasteiger partial charge in [0.25, 0.3) is 11.7 Å². The Morgan fingerprint density at radius 3 is 2.21 bits per heavy atom. The van der Waals surface area contributed by atoms with Gasteiger partial charge in [0.1, 0.15) is 11.5 Å². The van der Waals surface area contributed by atoms with E-state index >= 15 is 0 Å². The first-order valence-electron chi connectivity index (χ1n) is 10.2. The van der Waals surface area contributed by atoms with Crippen molar-refractivity contribution in [3.05, 3.63) is 65.2 Å². The quantitative estimate of drug-likeness (QED) is 0.260. The minimum atomic E-state index is -3.67. The number of ketones is 1. The highest BCUT2D eigenvalue weighted by Gasteiger charge is 2.45. The number of sulfonamides is 1. The molecule has 33 heavy (non-hydrogen) atoms. The molecule has 0 aliphatic carbocycles. The number of carbonyl (C=O) groups is 2. The fourth-order valence-corrected chi connectivity index (χ4v) is 4.55. The van der Waals surface area contributed by atoms with Crippen LogP contribution in [-0.4, -0.2) is 73.9 Å². The number of aliphatic hydroxyl groups is 1. The molecule has 2 aromatic rings. The standard InChI is InChI=1S/C23H26N2O7S/c1-24(2)33(30,31)18-11-7-16(8-12-18)21(27)19-20(15-5-9-17(26)10-6-15)25(13-4-14-32-3)23(29)22(19)28/h5-12,20,26-27H,4,13-14H2,1-3H3. The molecule has 3 rings (SSSR count). The Morgan fingerprint density at radius 1 is 1.06 bits per heavy atom. The zero-order valence-corrected chi connectivity index (χ0v) is 19.4. The van der Waals surface area contributed by atoms with Crippen LogP contribution in [0, 0.1) is 0 Å². The molecule has 1 amide bonds. The third-order valence-corrected chi connectivity index (χ3v) is 7.23. The lowest BCUT2D eigenvalue weighted by Gasteiger charge is -2.25. The largest absolute Gasteiger partial charge is 0.508 e. The van der Waals surface area contributed by atoms with E-state index in [0.717, 1.165) is 4.31 Å². The summed E-state index contributed by atoms with van der Waals surface area (Å²) < 4.78 is 30.7. The van der Waals surface area contributed by atoms with Gasteiger partial charge in [-0.05, 0) is 48.4 Å². The number of benzene rings is 2. The number of aliphatic hydroxyl groups excluding tert-OH is 1. The average Bonchev–Trinajstić information content (AvgIpc) is 3.04. The number of rotatable bonds is 8. The van der Waals surface area contributed by atoms with Crippen molar-refractivity contribution in [2.75, 3.05) is 34.4 Å². The molecule has 1 heterocycles. The molecule has 1 aliphatic heterocycles. The maximum absolute atomic E-state index is 12.9. The van der Waals surface area contributed by atoms with Crippen molar-refractivity contribution in [2.24, 2.45) is 0 Å². The molecule has 0 spiro atoms. The molecule has 2 aromatic carbocycles. The van der Waals surface area contributed by atoms with Crippen LogP contribution in [0.2, 0.25) is 0 Å². The summed E-state index contributed by atoms with van der Waals surface area (Å²) in [4.78, 5) is 27.1. The predicted molar refractivity (Wildman–Crippen MR) is 121 cm³/mol. The highest BCUT2D eigenvalue weighted by atomic mass is 32.2. The number of ether oxygens (including phenoxy) is 1. The zero-order valence-electron chi connectivity index (χ0n) is 18.6. The van der Waals surface area contributed by atoms with Crippen LogP contribution in [0.5, 0.6) is 5.75 Å². The third kappa shape index (κ3) is 4.77. The molecule has 0 bridgehead atoms. The highest BCUT2D eigenvalue weighted by Crippen LogP contribution is 2.40. The Kier molecular flexibility index (Phi) is 7.21. The normalized spacial score (nSPS) is 18.3. The van der Waals surface area contributed by atoms with Crippen LogP contribution in [0.4, 0.5) is 0 Å². The molecular weight excluding hydrogens is 448 g/mol. The number of hydrogen-bond donors (Lipinski definition) is 2. The second-order valence-electron chi connectivity index (χ2n) is 7.74. The van der Waals surface area contributed by atoms with E-state index in [2.05, 4.69) is 0 Å². The Bertz CT molecular complexity index is 1170. The molecule has 0 saturated carbocycles. The van der Waals surface area contributed by atoms with E-state index < -0.39 is 33.5 Å². The fraction of sp³-hybridized carbons (Fsp3) is 0.304. The van der Waals surface area contributed by atoms with E-state index in [0.29, 0.717) is 18.6 Å². The van der Waals surface area contributed by atoms with Crippen LogP contribution in [0.25, 0.3) is 5.76 Å². The van der Waals surface area contributed by atoms with Gasteiger partial charge in [0.2, 0.25) is 10.0 Å². The monoisotopic (exact) mass is 474 g/mol. The van der Waals surface area contributed by atoms with Gasteiger partial charge in [-0.3, -0.25) is 9.59 Å². The summed E-state index contributed by atoms with van der Waals surface area (Å²) >= 11 is 0. The number of hydrogen-bond acceptors (Lipinski definition) is 7. The third-order valence-electron chi connectivity index (χ3n) is 5.40. The number of carbonyl (C=O) groups excluding carboxylic acids is 2. The molecule has 1 aliphatic rings. The maximum atomic E-state index is 12.9. The number of Topliss-reactive ketones (excluding diaryl/α,β-unsaturated/α-hetero) is 1. The zero-order chi connectivity index (χ0) is 24.3. The maximum Gasteiger partial charge on any atom is 0.295 e. The van der Waals surface area contributed by atoms with Crippen molar-refractivity contribution in [1.82, 2.24) is 9.21 Å². The van der Waals surface area contributed by atoms with Gasteiger partial charge >= 0.3 is 0 Å². The predicted octanol–water partition coefficient (Wildman–Crippen LogP) is 2.10. The lowest BCUT2D eigenvalue weighted by molar-refractivity contribution is -0.140. The van der Waals surface area contributed by atoms with E-state index in [-0.39, 0.29) is 28.3 Å². The Hall–Kier alpha value is -3.21. The van der Waals surface area contributed by atoms with Crippen LogP contribution >= 0.6 is 0 Å². The molecular formula is C23H26N2O7S. The lowest BCUT2D eigenvalue weighted by atomic mass is 9.95. The fourth-order valence-electron chi connectivity index (χ4n) is 3.64. The summed E-state index contributed by atoms with van der Waals surface area (Å²) in [6.07, 6.45) is 0.481. The minimum absolute atomic E-state index is 0.0211. The number of phenolic OH excluding ortho intramolecular Hbond substituents is 1. The van der Waals surface area contributed by atoms with E-state index in [9.17, 15) is 28.2 Å². The van der Waals surface area contributed by atoms with Crippen molar-refractivity contribution >= 4 is 27.5 Å². The van der Waals surface area contributed by atoms with Crippen LogP contribution < -0.4 is 0 Å². The van der Waals surface area contributed by atoms with Gasteiger partial charge in [0, 0.05) is 39.9 Å². The van der Waals surface area contributed by atoms with Crippen molar-refractivity contribution in [1.29, 1.82) is 0 Å². The van der Waals surface area contributed by atoms with E-state index in [1.165, 1.54) is 62.5 Å². The van der Waals surface area contributed by atoms with Crippen LogP contribution in [0.3, 0.4) is 0 Å². The summed E-state index contributed by atoms with van der Waals surface area (Å²) in [5, 5.41) is 20.7. The lowest BCUT2D eigenvalue weighted by Crippen LogP contribution is -2.31. The SMILES string of the molecule is COCCCN1C(=O)C(=O)C(=C(O)c2ccc(S(=O)(=O)N(C)C)cc2)C1c1ccc(O)cc1. The first-order chi connectivity index (χ1) is 15.6. The van der Waals surface area contributed by atoms with Crippen LogP contribution in [0.1, 0.15) is 23.6 Å². The van der Waals surface area contributed by atoms with E-state index in [1.807, 2.05) is 0 Å². The van der Waals surface area contributed by atoms with Crippen LogP contribution in [0.15, 0.2) is 59.0 Å². The van der Waals surface area contributed by atoms with E-state index in [1.54, 1.807) is 12.1 Å². The Labute approximate surface area is 192 Å².